The van der Waals surface area contributed by atoms with Gasteiger partial charge < -0.3 is 10.8 Å². The number of urea groups is 1. The van der Waals surface area contributed by atoms with Crippen LogP contribution in [0.25, 0.3) is 0 Å². The summed E-state index contributed by atoms with van der Waals surface area (Å²) in [6.45, 7) is 0. The van der Waals surface area contributed by atoms with Gasteiger partial charge in [-0.1, -0.05) is 18.0 Å². The molecule has 0 spiro atoms. The van der Waals surface area contributed by atoms with Gasteiger partial charge >= 0.3 is 6.03 Å². The lowest BCUT2D eigenvalue weighted by atomic mass is 9.80. The lowest BCUT2D eigenvalue weighted by Crippen LogP contribution is -2.21. The van der Waals surface area contributed by atoms with Crippen LogP contribution in [0.15, 0.2) is 21.7 Å². The second kappa shape index (κ2) is 4.03. The van der Waals surface area contributed by atoms with Gasteiger partial charge in [0.1, 0.15) is 5.76 Å². The number of nitrogens with zero attached hydrogens (tertiary/aromatic N) is 2. The number of hydrogen-bond donors (Lipinski definition) is 2. The van der Waals surface area contributed by atoms with Gasteiger partial charge in [-0.05, 0) is 12.8 Å². The molecule has 2 aliphatic carbocycles. The molecular weight excluding hydrogens is 210 g/mol. The van der Waals surface area contributed by atoms with Crippen molar-refractivity contribution in [3.63, 3.8) is 0 Å². The number of amides is 2. The third-order valence-electron chi connectivity index (χ3n) is 3.18. The Kier molecular flexibility index (Phi) is 2.72. The highest BCUT2D eigenvalue weighted by atomic mass is 16.3. The maximum absolute atomic E-state index is 11.8. The third-order valence-corrected chi connectivity index (χ3v) is 3.18. The van der Waals surface area contributed by atoms with Crippen LogP contribution in [0, 0.1) is 11.8 Å². The average Bonchev–Trinajstić information content (AvgIpc) is 2.50. The molecule has 2 rings (SSSR count). The maximum Gasteiger partial charge on any atom is 0.356 e. The second-order valence-electron chi connectivity index (χ2n) is 4.13. The summed E-state index contributed by atoms with van der Waals surface area (Å²) in [6, 6.07) is -0.969. The summed E-state index contributed by atoms with van der Waals surface area (Å²) in [7, 11) is 0. The van der Waals surface area contributed by atoms with Gasteiger partial charge in [0.15, 0.2) is 11.5 Å². The largest absolute Gasteiger partial charge is 0.510 e. The second-order valence-corrected chi connectivity index (χ2v) is 4.13. The SMILES string of the molecule is NC(=O)N=NC1=C(O)C2CCCCC2C1=O. The summed E-state index contributed by atoms with van der Waals surface area (Å²) in [5.41, 5.74) is 4.71. The standard InChI is InChI=1S/C10H13N3O3/c11-10(16)13-12-7-8(14)5-3-1-2-4-6(5)9(7)15/h5-6,14H,1-4H2,(H2,11,16). The van der Waals surface area contributed by atoms with Crippen LogP contribution < -0.4 is 5.73 Å². The number of nitrogens with two attached hydrogens (primary N) is 1. The smallest absolute Gasteiger partial charge is 0.356 e. The van der Waals surface area contributed by atoms with E-state index in [1.165, 1.54) is 0 Å². The fourth-order valence-electron chi connectivity index (χ4n) is 2.45. The summed E-state index contributed by atoms with van der Waals surface area (Å²) in [5.74, 6) is -0.564. The first kappa shape index (κ1) is 10.8. The van der Waals surface area contributed by atoms with E-state index in [-0.39, 0.29) is 29.1 Å². The predicted molar refractivity (Wildman–Crippen MR) is 54.5 cm³/mol. The molecule has 0 aliphatic heterocycles. The van der Waals surface area contributed by atoms with Crippen LogP contribution in [-0.2, 0) is 4.79 Å². The third kappa shape index (κ3) is 1.70. The number of primary amides is 1. The van der Waals surface area contributed by atoms with Crippen molar-refractivity contribution in [3.05, 3.63) is 11.5 Å². The number of allylic oxidation sites excluding steroid dienone is 2. The van der Waals surface area contributed by atoms with E-state index in [0.29, 0.717) is 0 Å². The maximum atomic E-state index is 11.8. The molecule has 86 valence electrons. The molecule has 0 heterocycles. The van der Waals surface area contributed by atoms with Crippen LogP contribution in [0.1, 0.15) is 25.7 Å². The molecule has 0 radical (unpaired) electrons. The first-order valence-corrected chi connectivity index (χ1v) is 5.29. The average molecular weight is 223 g/mol. The molecule has 1 saturated carbocycles. The van der Waals surface area contributed by atoms with E-state index in [4.69, 9.17) is 5.73 Å². The van der Waals surface area contributed by atoms with Gasteiger partial charge in [0.25, 0.3) is 0 Å². The van der Waals surface area contributed by atoms with E-state index in [9.17, 15) is 14.7 Å². The highest BCUT2D eigenvalue weighted by molar-refractivity contribution is 6.00. The van der Waals surface area contributed by atoms with Crippen molar-refractivity contribution in [3.8, 4) is 0 Å². The number of fused-ring (bicyclic) bond motifs is 1. The number of hydrogen-bond acceptors (Lipinski definition) is 4. The van der Waals surface area contributed by atoms with Gasteiger partial charge in [0, 0.05) is 11.8 Å². The van der Waals surface area contributed by atoms with E-state index in [1.54, 1.807) is 0 Å². The highest BCUT2D eigenvalue weighted by Gasteiger charge is 2.43. The quantitative estimate of drug-likeness (QED) is 0.660. The van der Waals surface area contributed by atoms with Gasteiger partial charge in [-0.25, -0.2) is 4.79 Å². The fourth-order valence-corrected chi connectivity index (χ4v) is 2.45. The molecule has 6 nitrogen and oxygen atoms in total. The zero-order valence-electron chi connectivity index (χ0n) is 8.72. The lowest BCUT2D eigenvalue weighted by molar-refractivity contribution is -0.120. The Bertz CT molecular complexity index is 400. The Morgan fingerprint density at radius 2 is 1.94 bits per heavy atom. The normalized spacial score (nSPS) is 29.9. The minimum absolute atomic E-state index is 0.0281. The zero-order valence-corrected chi connectivity index (χ0v) is 8.72. The minimum atomic E-state index is -0.969. The molecule has 0 saturated heterocycles. The van der Waals surface area contributed by atoms with E-state index in [2.05, 4.69) is 10.2 Å². The van der Waals surface area contributed by atoms with Crippen molar-refractivity contribution >= 4 is 11.8 Å². The highest BCUT2D eigenvalue weighted by Crippen LogP contribution is 2.42. The molecule has 0 aromatic carbocycles. The van der Waals surface area contributed by atoms with E-state index >= 15 is 0 Å². The van der Waals surface area contributed by atoms with Gasteiger partial charge in [-0.2, -0.15) is 0 Å². The fraction of sp³-hybridized carbons (Fsp3) is 0.600. The number of carbonyl (C=O) groups excluding carboxylic acids is 2. The number of aliphatic hydroxyl groups is 1. The Hall–Kier alpha value is -1.72. The number of azo groups is 1. The number of rotatable bonds is 1. The van der Waals surface area contributed by atoms with Crippen molar-refractivity contribution < 1.29 is 14.7 Å². The van der Waals surface area contributed by atoms with Gasteiger partial charge in [-0.15, -0.1) is 5.11 Å². The van der Waals surface area contributed by atoms with E-state index in [0.717, 1.165) is 25.7 Å². The van der Waals surface area contributed by atoms with Crippen molar-refractivity contribution in [1.29, 1.82) is 0 Å². The summed E-state index contributed by atoms with van der Waals surface area (Å²) >= 11 is 0. The number of aliphatic hydroxyl groups excluding tert-OH is 1. The zero-order chi connectivity index (χ0) is 11.7. The molecule has 16 heavy (non-hydrogen) atoms. The monoisotopic (exact) mass is 223 g/mol. The topological polar surface area (TPSA) is 105 Å². The van der Waals surface area contributed by atoms with Crippen LogP contribution in [0.2, 0.25) is 0 Å². The molecule has 6 heteroatoms. The summed E-state index contributed by atoms with van der Waals surface area (Å²) < 4.78 is 0. The molecule has 2 unspecified atom stereocenters. The molecule has 2 amide bonds. The molecule has 1 fully saturated rings. The van der Waals surface area contributed by atoms with Crippen molar-refractivity contribution in [2.45, 2.75) is 25.7 Å². The van der Waals surface area contributed by atoms with Crippen LogP contribution in [0.5, 0.6) is 0 Å². The Morgan fingerprint density at radius 3 is 2.50 bits per heavy atom. The molecule has 2 aliphatic rings. The molecule has 2 atom stereocenters. The summed E-state index contributed by atoms with van der Waals surface area (Å²) in [4.78, 5) is 22.3. The molecule has 0 aromatic rings. The molecule has 0 bridgehead atoms. The predicted octanol–water partition coefficient (Wildman–Crippen LogP) is 1.68. The van der Waals surface area contributed by atoms with Crippen LogP contribution >= 0.6 is 0 Å². The van der Waals surface area contributed by atoms with E-state index in [1.807, 2.05) is 0 Å². The summed E-state index contributed by atoms with van der Waals surface area (Å²) in [6.07, 6.45) is 3.54. The summed E-state index contributed by atoms with van der Waals surface area (Å²) in [5, 5.41) is 16.4. The number of ketones is 1. The number of Topliss-reactive ketones (excluding diaryl/α,β-unsaturated/α-hetero) is 1. The molecular formula is C10H13N3O3. The lowest BCUT2D eigenvalue weighted by Gasteiger charge is -2.23. The van der Waals surface area contributed by atoms with E-state index < -0.39 is 6.03 Å². The molecule has 3 N–H and O–H groups in total. The Balaban J connectivity index is 2.26. The Labute approximate surface area is 92.2 Å². The van der Waals surface area contributed by atoms with Gasteiger partial charge in [0.2, 0.25) is 0 Å². The van der Waals surface area contributed by atoms with Crippen LogP contribution in [-0.4, -0.2) is 16.9 Å². The van der Waals surface area contributed by atoms with Crippen molar-refractivity contribution in [1.82, 2.24) is 0 Å². The van der Waals surface area contributed by atoms with Crippen LogP contribution in [0.4, 0.5) is 4.79 Å². The van der Waals surface area contributed by atoms with Crippen molar-refractivity contribution in [2.75, 3.05) is 0 Å². The van der Waals surface area contributed by atoms with Crippen molar-refractivity contribution in [2.24, 2.45) is 27.8 Å². The Morgan fingerprint density at radius 1 is 1.31 bits per heavy atom. The van der Waals surface area contributed by atoms with Gasteiger partial charge in [0.05, 0.1) is 0 Å². The molecule has 0 aromatic heterocycles. The van der Waals surface area contributed by atoms with Gasteiger partial charge in [-0.3, -0.25) is 4.79 Å². The first-order chi connectivity index (χ1) is 7.61. The first-order valence-electron chi connectivity index (χ1n) is 5.29. The van der Waals surface area contributed by atoms with Crippen LogP contribution in [0.3, 0.4) is 0 Å². The minimum Gasteiger partial charge on any atom is -0.510 e. The number of carbonyl (C=O) groups is 2.